The third-order valence-corrected chi connectivity index (χ3v) is 3.59. The van der Waals surface area contributed by atoms with Gasteiger partial charge < -0.3 is 4.74 Å². The molecule has 0 bridgehead atoms. The number of hydrogen-bond acceptors (Lipinski definition) is 6. The number of nitrogens with zero attached hydrogens (tertiary/aromatic N) is 2. The lowest BCUT2D eigenvalue weighted by atomic mass is 10.3. The number of rotatable bonds is 5. The average Bonchev–Trinajstić information content (AvgIpc) is 2.51. The summed E-state index contributed by atoms with van der Waals surface area (Å²) in [5.41, 5.74) is 0. The summed E-state index contributed by atoms with van der Waals surface area (Å²) >= 11 is 3.11. The van der Waals surface area contributed by atoms with Crippen molar-refractivity contribution < 1.29 is 9.53 Å². The van der Waals surface area contributed by atoms with E-state index in [-0.39, 0.29) is 11.2 Å². The Hall–Kier alpha value is -0.620. The van der Waals surface area contributed by atoms with E-state index in [1.165, 1.54) is 0 Å². The van der Waals surface area contributed by atoms with Gasteiger partial charge in [0.15, 0.2) is 4.34 Å². The molecule has 0 spiro atoms. The van der Waals surface area contributed by atoms with Gasteiger partial charge in [-0.3, -0.25) is 4.79 Å². The first kappa shape index (κ1) is 12.4. The minimum Gasteiger partial charge on any atom is -0.466 e. The second kappa shape index (κ2) is 6.07. The fourth-order valence-corrected chi connectivity index (χ4v) is 3.11. The van der Waals surface area contributed by atoms with Gasteiger partial charge in [0.25, 0.3) is 0 Å². The van der Waals surface area contributed by atoms with Crippen LogP contribution >= 0.6 is 23.1 Å². The van der Waals surface area contributed by atoms with Crippen LogP contribution in [-0.4, -0.2) is 28.0 Å². The molecule has 4 nitrogen and oxygen atoms in total. The number of hydrogen-bond donors (Lipinski definition) is 0. The molecule has 1 atom stereocenters. The zero-order chi connectivity index (χ0) is 11.3. The predicted molar refractivity (Wildman–Crippen MR) is 61.2 cm³/mol. The largest absolute Gasteiger partial charge is 0.466 e. The summed E-state index contributed by atoms with van der Waals surface area (Å²) in [6.45, 7) is 6.15. The van der Waals surface area contributed by atoms with Crippen LogP contribution in [0.2, 0.25) is 0 Å². The minimum atomic E-state index is -0.154. The van der Waals surface area contributed by atoms with Crippen LogP contribution in [0.25, 0.3) is 0 Å². The lowest BCUT2D eigenvalue weighted by Crippen LogP contribution is -2.10. The Kier molecular flexibility index (Phi) is 5.04. The van der Waals surface area contributed by atoms with Gasteiger partial charge in [0.2, 0.25) is 0 Å². The molecule has 0 saturated heterocycles. The molecule has 1 rings (SSSR count). The number of aryl methyl sites for hydroxylation is 1. The van der Waals surface area contributed by atoms with Crippen molar-refractivity contribution >= 4 is 29.1 Å². The summed E-state index contributed by atoms with van der Waals surface area (Å²) < 4.78 is 5.78. The standard InChI is InChI=1S/C9H14N2O2S2/c1-4-13-8(12)5-6(2)14-9-11-10-7(3)15-9/h6H,4-5H2,1-3H3. The Balaban J connectivity index is 2.35. The van der Waals surface area contributed by atoms with Gasteiger partial charge >= 0.3 is 5.97 Å². The Bertz CT molecular complexity index is 328. The molecule has 15 heavy (non-hydrogen) atoms. The number of aromatic nitrogens is 2. The predicted octanol–water partition coefficient (Wildman–Crippen LogP) is 2.28. The Morgan fingerprint density at radius 2 is 2.33 bits per heavy atom. The molecule has 6 heteroatoms. The fourth-order valence-electron chi connectivity index (χ4n) is 0.994. The maximum atomic E-state index is 11.2. The molecule has 1 aromatic rings. The molecule has 0 aliphatic carbocycles. The molecular weight excluding hydrogens is 232 g/mol. The first-order valence-electron chi connectivity index (χ1n) is 4.74. The van der Waals surface area contributed by atoms with E-state index in [1.54, 1.807) is 23.1 Å². The van der Waals surface area contributed by atoms with Gasteiger partial charge in [-0.1, -0.05) is 30.0 Å². The molecule has 0 saturated carbocycles. The quantitative estimate of drug-likeness (QED) is 0.589. The van der Waals surface area contributed by atoms with Crippen LogP contribution in [0, 0.1) is 6.92 Å². The highest BCUT2D eigenvalue weighted by Crippen LogP contribution is 2.27. The summed E-state index contributed by atoms with van der Waals surface area (Å²) in [5, 5.41) is 9.03. The van der Waals surface area contributed by atoms with Crippen molar-refractivity contribution in [3.63, 3.8) is 0 Å². The van der Waals surface area contributed by atoms with Crippen LogP contribution in [0.4, 0.5) is 0 Å². The van der Waals surface area contributed by atoms with E-state index in [0.29, 0.717) is 13.0 Å². The maximum Gasteiger partial charge on any atom is 0.306 e. The summed E-state index contributed by atoms with van der Waals surface area (Å²) in [5.74, 6) is -0.154. The molecule has 0 N–H and O–H groups in total. The second-order valence-corrected chi connectivity index (χ2v) is 5.89. The SMILES string of the molecule is CCOC(=O)CC(C)Sc1nnc(C)s1. The molecule has 1 aromatic heterocycles. The van der Waals surface area contributed by atoms with Crippen LogP contribution < -0.4 is 0 Å². The van der Waals surface area contributed by atoms with E-state index in [0.717, 1.165) is 9.35 Å². The molecule has 84 valence electrons. The van der Waals surface area contributed by atoms with Crippen molar-refractivity contribution in [1.82, 2.24) is 10.2 Å². The number of ether oxygens (including phenoxy) is 1. The van der Waals surface area contributed by atoms with E-state index >= 15 is 0 Å². The Morgan fingerprint density at radius 1 is 1.60 bits per heavy atom. The Morgan fingerprint density at radius 3 is 2.87 bits per heavy atom. The molecule has 1 unspecified atom stereocenters. The first-order valence-corrected chi connectivity index (χ1v) is 6.43. The van der Waals surface area contributed by atoms with Crippen molar-refractivity contribution in [3.05, 3.63) is 5.01 Å². The van der Waals surface area contributed by atoms with E-state index in [1.807, 2.05) is 20.8 Å². The van der Waals surface area contributed by atoms with E-state index in [2.05, 4.69) is 10.2 Å². The highest BCUT2D eigenvalue weighted by molar-refractivity contribution is 8.01. The van der Waals surface area contributed by atoms with Crippen molar-refractivity contribution in [2.45, 2.75) is 36.8 Å². The number of carbonyl (C=O) groups is 1. The lowest BCUT2D eigenvalue weighted by molar-refractivity contribution is -0.142. The molecule has 1 heterocycles. The van der Waals surface area contributed by atoms with Crippen molar-refractivity contribution in [2.24, 2.45) is 0 Å². The molecule has 0 radical (unpaired) electrons. The topological polar surface area (TPSA) is 52.1 Å². The van der Waals surface area contributed by atoms with E-state index in [9.17, 15) is 4.79 Å². The number of esters is 1. The third-order valence-electron chi connectivity index (χ3n) is 1.57. The molecule has 0 amide bonds. The summed E-state index contributed by atoms with van der Waals surface area (Å²) in [6, 6.07) is 0. The molecule has 0 fully saturated rings. The van der Waals surface area contributed by atoms with Crippen LogP contribution in [0.15, 0.2) is 4.34 Å². The highest BCUT2D eigenvalue weighted by atomic mass is 32.2. The average molecular weight is 246 g/mol. The van der Waals surface area contributed by atoms with Gasteiger partial charge in [0.05, 0.1) is 13.0 Å². The molecule has 0 aromatic carbocycles. The van der Waals surface area contributed by atoms with Gasteiger partial charge in [-0.25, -0.2) is 0 Å². The van der Waals surface area contributed by atoms with E-state index in [4.69, 9.17) is 4.74 Å². The zero-order valence-electron chi connectivity index (χ0n) is 9.02. The minimum absolute atomic E-state index is 0.154. The monoisotopic (exact) mass is 246 g/mol. The molecular formula is C9H14N2O2S2. The van der Waals surface area contributed by atoms with Gasteiger partial charge in [-0.05, 0) is 13.8 Å². The summed E-state index contributed by atoms with van der Waals surface area (Å²) in [4.78, 5) is 11.2. The van der Waals surface area contributed by atoms with Crippen LogP contribution in [0.5, 0.6) is 0 Å². The van der Waals surface area contributed by atoms with Crippen molar-refractivity contribution in [3.8, 4) is 0 Å². The van der Waals surface area contributed by atoms with E-state index < -0.39 is 0 Å². The van der Waals surface area contributed by atoms with Gasteiger partial charge in [0.1, 0.15) is 5.01 Å². The van der Waals surface area contributed by atoms with Crippen LogP contribution in [-0.2, 0) is 9.53 Å². The lowest BCUT2D eigenvalue weighted by Gasteiger charge is -2.07. The second-order valence-electron chi connectivity index (χ2n) is 3.02. The van der Waals surface area contributed by atoms with Gasteiger partial charge in [-0.15, -0.1) is 10.2 Å². The third kappa shape index (κ3) is 4.61. The number of carbonyl (C=O) groups excluding carboxylic acids is 1. The summed E-state index contributed by atoms with van der Waals surface area (Å²) in [7, 11) is 0. The van der Waals surface area contributed by atoms with Gasteiger partial charge in [0, 0.05) is 5.25 Å². The fraction of sp³-hybridized carbons (Fsp3) is 0.667. The number of thioether (sulfide) groups is 1. The Labute approximate surface area is 97.4 Å². The zero-order valence-corrected chi connectivity index (χ0v) is 10.7. The smallest absolute Gasteiger partial charge is 0.306 e. The first-order chi connectivity index (χ1) is 7.11. The summed E-state index contributed by atoms with van der Waals surface area (Å²) in [6.07, 6.45) is 0.414. The van der Waals surface area contributed by atoms with Crippen LogP contribution in [0.3, 0.4) is 0 Å². The van der Waals surface area contributed by atoms with Gasteiger partial charge in [-0.2, -0.15) is 0 Å². The van der Waals surface area contributed by atoms with Crippen molar-refractivity contribution in [2.75, 3.05) is 6.61 Å². The van der Waals surface area contributed by atoms with Crippen LogP contribution in [0.1, 0.15) is 25.3 Å². The molecule has 0 aliphatic heterocycles. The normalized spacial score (nSPS) is 12.5. The maximum absolute atomic E-state index is 11.2. The van der Waals surface area contributed by atoms with Crippen molar-refractivity contribution in [1.29, 1.82) is 0 Å². The highest BCUT2D eigenvalue weighted by Gasteiger charge is 2.13. The molecule has 0 aliphatic rings.